The standard InChI is InChI=1S/C22H27N5O3S/c1-27(2)22-25-17(11-7-8-11)16(21-24-13-5-3-4-6-15(13)31-21)20(26-22)23-14-9-12(10-28)18(29)19(14)30/h3-6,11-12,14,18-19,28-30H,7-10H2,1-2H3,(H,23,25,26)/t12-,14-,18-,19+/m1/s1. The van der Waals surface area contributed by atoms with Crippen LogP contribution >= 0.6 is 11.3 Å². The van der Waals surface area contributed by atoms with Crippen LogP contribution in [0.4, 0.5) is 11.8 Å². The fraction of sp³-hybridized carbons (Fsp3) is 0.500. The van der Waals surface area contributed by atoms with E-state index in [4.69, 9.17) is 15.0 Å². The van der Waals surface area contributed by atoms with Crippen LogP contribution in [0.2, 0.25) is 0 Å². The van der Waals surface area contributed by atoms with Gasteiger partial charge in [-0.15, -0.1) is 11.3 Å². The van der Waals surface area contributed by atoms with Gasteiger partial charge in [0.25, 0.3) is 0 Å². The molecule has 0 aliphatic heterocycles. The van der Waals surface area contributed by atoms with E-state index >= 15 is 0 Å². The maximum Gasteiger partial charge on any atom is 0.227 e. The van der Waals surface area contributed by atoms with E-state index in [1.54, 1.807) is 11.3 Å². The molecule has 31 heavy (non-hydrogen) atoms. The molecule has 0 radical (unpaired) electrons. The molecule has 8 nitrogen and oxygen atoms in total. The Bertz CT molecular complexity index is 1070. The van der Waals surface area contributed by atoms with Crippen LogP contribution in [0.5, 0.6) is 0 Å². The van der Waals surface area contributed by atoms with Gasteiger partial charge in [-0.3, -0.25) is 0 Å². The smallest absolute Gasteiger partial charge is 0.227 e. The van der Waals surface area contributed by atoms with Crippen LogP contribution in [0.1, 0.15) is 30.9 Å². The highest BCUT2D eigenvalue weighted by molar-refractivity contribution is 7.21. The van der Waals surface area contributed by atoms with Crippen LogP contribution in [-0.2, 0) is 0 Å². The third-order valence-corrected chi connectivity index (χ3v) is 7.21. The highest BCUT2D eigenvalue weighted by atomic mass is 32.1. The molecule has 2 heterocycles. The van der Waals surface area contributed by atoms with Crippen LogP contribution < -0.4 is 10.2 Å². The Balaban J connectivity index is 1.63. The first kappa shape index (κ1) is 20.6. The van der Waals surface area contributed by atoms with Gasteiger partial charge in [-0.05, 0) is 31.4 Å². The first-order chi connectivity index (χ1) is 15.0. The molecule has 164 valence electrons. The molecular weight excluding hydrogens is 414 g/mol. The van der Waals surface area contributed by atoms with Gasteiger partial charge in [-0.1, -0.05) is 12.1 Å². The van der Waals surface area contributed by atoms with E-state index in [-0.39, 0.29) is 12.5 Å². The van der Waals surface area contributed by atoms with Crippen molar-refractivity contribution in [1.29, 1.82) is 0 Å². The Morgan fingerprint density at radius 3 is 2.52 bits per heavy atom. The maximum atomic E-state index is 10.6. The number of aliphatic hydroxyl groups excluding tert-OH is 3. The Labute approximate surface area is 184 Å². The largest absolute Gasteiger partial charge is 0.396 e. The monoisotopic (exact) mass is 441 g/mol. The van der Waals surface area contributed by atoms with E-state index < -0.39 is 18.2 Å². The highest BCUT2D eigenvalue weighted by Gasteiger charge is 2.42. The van der Waals surface area contributed by atoms with Crippen LogP contribution in [-0.4, -0.2) is 69.2 Å². The number of para-hydroxylation sites is 1. The van der Waals surface area contributed by atoms with Crippen molar-refractivity contribution in [3.05, 3.63) is 30.0 Å². The fourth-order valence-corrected chi connectivity index (χ4v) is 5.26. The molecule has 5 rings (SSSR count). The molecule has 2 saturated carbocycles. The number of fused-ring (bicyclic) bond motifs is 1. The van der Waals surface area contributed by atoms with E-state index in [2.05, 4.69) is 11.4 Å². The Morgan fingerprint density at radius 2 is 1.87 bits per heavy atom. The molecule has 3 aromatic rings. The zero-order valence-electron chi connectivity index (χ0n) is 17.6. The molecule has 2 fully saturated rings. The van der Waals surface area contributed by atoms with Gasteiger partial charge < -0.3 is 25.5 Å². The quantitative estimate of drug-likeness (QED) is 0.460. The lowest BCUT2D eigenvalue weighted by atomic mass is 10.1. The number of benzene rings is 1. The molecule has 0 saturated heterocycles. The average Bonchev–Trinajstić information content (AvgIpc) is 3.47. The Morgan fingerprint density at radius 1 is 1.10 bits per heavy atom. The number of aliphatic hydroxyl groups is 3. The van der Waals surface area contributed by atoms with Crippen LogP contribution in [0.15, 0.2) is 24.3 Å². The Kier molecular flexibility index (Phi) is 5.29. The molecule has 0 unspecified atom stereocenters. The minimum atomic E-state index is -0.984. The van der Waals surface area contributed by atoms with Crippen LogP contribution in [0, 0.1) is 5.92 Å². The summed E-state index contributed by atoms with van der Waals surface area (Å²) in [6, 6.07) is 7.61. The van der Waals surface area contributed by atoms with Crippen molar-refractivity contribution < 1.29 is 15.3 Å². The van der Waals surface area contributed by atoms with Gasteiger partial charge >= 0.3 is 0 Å². The highest BCUT2D eigenvalue weighted by Crippen LogP contribution is 2.47. The molecule has 4 atom stereocenters. The molecule has 0 bridgehead atoms. The van der Waals surface area contributed by atoms with Gasteiger partial charge in [0, 0.05) is 32.5 Å². The molecule has 0 amide bonds. The van der Waals surface area contributed by atoms with Gasteiger partial charge in [0.1, 0.15) is 16.9 Å². The van der Waals surface area contributed by atoms with E-state index in [9.17, 15) is 15.3 Å². The van der Waals surface area contributed by atoms with Gasteiger partial charge in [-0.2, -0.15) is 4.98 Å². The number of aromatic nitrogens is 3. The third kappa shape index (κ3) is 3.76. The van der Waals surface area contributed by atoms with Crippen molar-refractivity contribution in [2.45, 2.75) is 43.4 Å². The molecular formula is C22H27N5O3S. The summed E-state index contributed by atoms with van der Waals surface area (Å²) in [6.45, 7) is -0.165. The average molecular weight is 442 g/mol. The topological polar surface area (TPSA) is 115 Å². The van der Waals surface area contributed by atoms with E-state index in [0.717, 1.165) is 39.3 Å². The summed E-state index contributed by atoms with van der Waals surface area (Å²) in [6.07, 6.45) is 0.670. The van der Waals surface area contributed by atoms with E-state index in [0.29, 0.717) is 24.1 Å². The normalized spacial score (nSPS) is 25.8. The number of hydrogen-bond donors (Lipinski definition) is 4. The third-order valence-electron chi connectivity index (χ3n) is 6.16. The second kappa shape index (κ2) is 7.98. The van der Waals surface area contributed by atoms with Crippen molar-refractivity contribution in [1.82, 2.24) is 15.0 Å². The van der Waals surface area contributed by atoms with Crippen molar-refractivity contribution in [3.63, 3.8) is 0 Å². The minimum absolute atomic E-state index is 0.165. The fourth-order valence-electron chi connectivity index (χ4n) is 4.24. The summed E-state index contributed by atoms with van der Waals surface area (Å²) in [5.74, 6) is 1.22. The number of nitrogens with zero attached hydrogens (tertiary/aromatic N) is 4. The lowest BCUT2D eigenvalue weighted by Gasteiger charge is -2.23. The molecule has 2 aliphatic carbocycles. The summed E-state index contributed by atoms with van der Waals surface area (Å²) in [4.78, 5) is 16.4. The zero-order chi connectivity index (χ0) is 21.7. The number of anilines is 2. The number of nitrogens with one attached hydrogen (secondary N) is 1. The van der Waals surface area contributed by atoms with Gasteiger partial charge in [-0.25, -0.2) is 9.97 Å². The molecule has 1 aromatic carbocycles. The first-order valence-electron chi connectivity index (χ1n) is 10.6. The zero-order valence-corrected chi connectivity index (χ0v) is 18.4. The minimum Gasteiger partial charge on any atom is -0.396 e. The summed E-state index contributed by atoms with van der Waals surface area (Å²) in [5, 5.41) is 34.6. The van der Waals surface area contributed by atoms with Gasteiger partial charge in [0.05, 0.1) is 33.6 Å². The van der Waals surface area contributed by atoms with Gasteiger partial charge in [0.15, 0.2) is 0 Å². The van der Waals surface area contributed by atoms with Crippen molar-refractivity contribution in [2.24, 2.45) is 5.92 Å². The second-order valence-electron chi connectivity index (χ2n) is 8.70. The molecule has 0 spiro atoms. The predicted molar refractivity (Wildman–Crippen MR) is 122 cm³/mol. The summed E-state index contributed by atoms with van der Waals surface area (Å²) < 4.78 is 1.10. The summed E-state index contributed by atoms with van der Waals surface area (Å²) >= 11 is 1.61. The van der Waals surface area contributed by atoms with Gasteiger partial charge in [0.2, 0.25) is 5.95 Å². The van der Waals surface area contributed by atoms with Crippen LogP contribution in [0.25, 0.3) is 20.8 Å². The molecule has 2 aliphatic rings. The van der Waals surface area contributed by atoms with Crippen molar-refractivity contribution in [3.8, 4) is 10.6 Å². The Hall–Kier alpha value is -2.33. The number of thiazole rings is 1. The lowest BCUT2D eigenvalue weighted by molar-refractivity contribution is 0.00446. The number of rotatable bonds is 6. The van der Waals surface area contributed by atoms with E-state index in [1.165, 1.54) is 0 Å². The molecule has 2 aromatic heterocycles. The molecule has 9 heteroatoms. The first-order valence-corrected chi connectivity index (χ1v) is 11.5. The van der Waals surface area contributed by atoms with Crippen LogP contribution in [0.3, 0.4) is 0 Å². The molecule has 4 N–H and O–H groups in total. The maximum absolute atomic E-state index is 10.6. The van der Waals surface area contributed by atoms with E-state index in [1.807, 2.05) is 37.2 Å². The predicted octanol–water partition coefficient (Wildman–Crippen LogP) is 2.21. The summed E-state index contributed by atoms with van der Waals surface area (Å²) in [5.41, 5.74) is 2.79. The SMILES string of the molecule is CN(C)c1nc(N[C@@H]2C[C@H](CO)[C@@H](O)[C@H]2O)c(-c2nc3ccccc3s2)c(C2CC2)n1. The second-order valence-corrected chi connectivity index (χ2v) is 9.73. The summed E-state index contributed by atoms with van der Waals surface area (Å²) in [7, 11) is 3.81. The lowest BCUT2D eigenvalue weighted by Crippen LogP contribution is -2.36. The van der Waals surface area contributed by atoms with Crippen molar-refractivity contribution >= 4 is 33.3 Å². The number of hydrogen-bond acceptors (Lipinski definition) is 9. The van der Waals surface area contributed by atoms with Crippen molar-refractivity contribution in [2.75, 3.05) is 30.9 Å².